The molecule has 0 spiro atoms. The molecule has 6 nitrogen and oxygen atoms in total. The van der Waals surface area contributed by atoms with Gasteiger partial charge in [-0.15, -0.1) is 0 Å². The van der Waals surface area contributed by atoms with Gasteiger partial charge in [0.2, 0.25) is 11.8 Å². The molecular formula is C36H36ClN3O3. The van der Waals surface area contributed by atoms with E-state index in [9.17, 15) is 14.4 Å². The summed E-state index contributed by atoms with van der Waals surface area (Å²) in [5, 5.41) is 5.80. The zero-order valence-corrected chi connectivity index (χ0v) is 24.9. The molecule has 1 heterocycles. The van der Waals surface area contributed by atoms with Crippen LogP contribution in [0.15, 0.2) is 91.0 Å². The highest BCUT2D eigenvalue weighted by Gasteiger charge is 2.33. The van der Waals surface area contributed by atoms with Gasteiger partial charge < -0.3 is 15.1 Å². The van der Waals surface area contributed by atoms with Gasteiger partial charge in [0.25, 0.3) is 5.91 Å². The Bertz CT molecular complexity index is 1630. The van der Waals surface area contributed by atoms with Crippen molar-refractivity contribution in [3.8, 4) is 0 Å². The molecule has 43 heavy (non-hydrogen) atoms. The molecule has 2 aliphatic rings. The molecule has 1 aliphatic carbocycles. The Kier molecular flexibility index (Phi) is 8.75. The molecule has 1 aliphatic heterocycles. The second-order valence-corrected chi connectivity index (χ2v) is 12.0. The highest BCUT2D eigenvalue weighted by molar-refractivity contribution is 6.31. The van der Waals surface area contributed by atoms with Crippen LogP contribution in [0, 0.1) is 0 Å². The number of hydrogen-bond donors (Lipinski definition) is 1. The summed E-state index contributed by atoms with van der Waals surface area (Å²) in [5.41, 5.74) is 3.36. The van der Waals surface area contributed by atoms with Crippen molar-refractivity contribution in [2.45, 2.75) is 63.6 Å². The van der Waals surface area contributed by atoms with Crippen LogP contribution < -0.4 is 10.2 Å². The molecule has 6 rings (SSSR count). The van der Waals surface area contributed by atoms with Crippen molar-refractivity contribution in [3.63, 3.8) is 0 Å². The van der Waals surface area contributed by atoms with Gasteiger partial charge in [-0.3, -0.25) is 14.4 Å². The molecule has 4 aromatic rings. The second-order valence-electron chi connectivity index (χ2n) is 11.5. The van der Waals surface area contributed by atoms with Gasteiger partial charge in [0.1, 0.15) is 6.04 Å². The van der Waals surface area contributed by atoms with E-state index in [2.05, 4.69) is 5.32 Å². The van der Waals surface area contributed by atoms with Gasteiger partial charge in [-0.05, 0) is 54.0 Å². The fraction of sp³-hybridized carbons (Fsp3) is 0.306. The maximum absolute atomic E-state index is 14.1. The Labute approximate surface area is 257 Å². The monoisotopic (exact) mass is 593 g/mol. The highest BCUT2D eigenvalue weighted by Crippen LogP contribution is 2.37. The second kappa shape index (κ2) is 13.0. The molecule has 220 valence electrons. The molecule has 1 atom stereocenters. The van der Waals surface area contributed by atoms with Crippen molar-refractivity contribution in [2.75, 3.05) is 11.4 Å². The number of rotatable bonds is 11. The van der Waals surface area contributed by atoms with Crippen LogP contribution in [0.2, 0.25) is 5.02 Å². The first-order chi connectivity index (χ1) is 21.0. The van der Waals surface area contributed by atoms with Gasteiger partial charge in [0, 0.05) is 47.9 Å². The van der Waals surface area contributed by atoms with Crippen molar-refractivity contribution in [2.24, 2.45) is 0 Å². The van der Waals surface area contributed by atoms with E-state index >= 15 is 0 Å². The minimum Gasteiger partial charge on any atom is -0.352 e. The lowest BCUT2D eigenvalue weighted by molar-refractivity contribution is -0.141. The summed E-state index contributed by atoms with van der Waals surface area (Å²) in [4.78, 5) is 44.8. The molecule has 1 fully saturated rings. The Balaban J connectivity index is 1.24. The van der Waals surface area contributed by atoms with Gasteiger partial charge in [0.05, 0.1) is 5.69 Å². The molecule has 1 saturated carbocycles. The summed E-state index contributed by atoms with van der Waals surface area (Å²) < 4.78 is 0. The molecule has 0 saturated heterocycles. The number of nitrogens with zero attached hydrogens (tertiary/aromatic N) is 2. The van der Waals surface area contributed by atoms with Crippen molar-refractivity contribution < 1.29 is 14.4 Å². The normalized spacial score (nSPS) is 15.2. The Morgan fingerprint density at radius 2 is 1.63 bits per heavy atom. The van der Waals surface area contributed by atoms with Crippen LogP contribution in [0.5, 0.6) is 0 Å². The molecular weight excluding hydrogens is 558 g/mol. The number of nitrogens with one attached hydrogen (secondary N) is 1. The van der Waals surface area contributed by atoms with Crippen LogP contribution in [-0.2, 0) is 22.6 Å². The van der Waals surface area contributed by atoms with Crippen LogP contribution in [-0.4, -0.2) is 41.2 Å². The largest absolute Gasteiger partial charge is 0.352 e. The summed E-state index contributed by atoms with van der Waals surface area (Å²) >= 11 is 6.56. The number of anilines is 1. The van der Waals surface area contributed by atoms with Crippen molar-refractivity contribution >= 4 is 45.8 Å². The number of amides is 3. The van der Waals surface area contributed by atoms with Crippen LogP contribution in [0.25, 0.3) is 10.8 Å². The van der Waals surface area contributed by atoms with Crippen LogP contribution >= 0.6 is 11.6 Å². The number of halogens is 1. The third-order valence-electron chi connectivity index (χ3n) is 8.69. The average Bonchev–Trinajstić information content (AvgIpc) is 3.63. The number of carbonyl (C=O) groups is 3. The molecule has 7 heteroatoms. The van der Waals surface area contributed by atoms with E-state index < -0.39 is 6.04 Å². The van der Waals surface area contributed by atoms with E-state index in [4.69, 9.17) is 11.6 Å². The SMILES string of the molecule is O=C(NC1CCCC1)[C@H](Cc1ccccc1)N(Cc1ccccc1Cl)C(=O)CCCN1C(=O)c2cccc3cccc1c23. The average molecular weight is 594 g/mol. The summed E-state index contributed by atoms with van der Waals surface area (Å²) in [6, 6.07) is 28.4. The van der Waals surface area contributed by atoms with E-state index in [-0.39, 0.29) is 36.7 Å². The first kappa shape index (κ1) is 28.9. The van der Waals surface area contributed by atoms with E-state index in [1.165, 1.54) is 0 Å². The molecule has 1 N–H and O–H groups in total. The number of hydrogen-bond acceptors (Lipinski definition) is 3. The van der Waals surface area contributed by atoms with E-state index in [1.54, 1.807) is 9.80 Å². The first-order valence-corrected chi connectivity index (χ1v) is 15.6. The number of carbonyl (C=O) groups excluding carboxylic acids is 3. The lowest BCUT2D eigenvalue weighted by atomic mass is 10.0. The van der Waals surface area contributed by atoms with Gasteiger partial charge in [0.15, 0.2) is 0 Å². The molecule has 0 unspecified atom stereocenters. The van der Waals surface area contributed by atoms with E-state index in [0.717, 1.165) is 53.3 Å². The van der Waals surface area contributed by atoms with Crippen LogP contribution in [0.4, 0.5) is 5.69 Å². The minimum atomic E-state index is -0.696. The van der Waals surface area contributed by atoms with Gasteiger partial charge in [-0.2, -0.15) is 0 Å². The minimum absolute atomic E-state index is 0.0370. The maximum atomic E-state index is 14.1. The predicted octanol–water partition coefficient (Wildman–Crippen LogP) is 6.93. The predicted molar refractivity (Wildman–Crippen MR) is 171 cm³/mol. The third kappa shape index (κ3) is 6.30. The van der Waals surface area contributed by atoms with Crippen molar-refractivity contribution in [1.82, 2.24) is 10.2 Å². The Hall–Kier alpha value is -4.16. The zero-order valence-electron chi connectivity index (χ0n) is 24.2. The lowest BCUT2D eigenvalue weighted by Crippen LogP contribution is -2.52. The number of benzene rings is 4. The maximum Gasteiger partial charge on any atom is 0.258 e. The quantitative estimate of drug-likeness (QED) is 0.205. The van der Waals surface area contributed by atoms with Crippen molar-refractivity contribution in [3.05, 3.63) is 113 Å². The lowest BCUT2D eigenvalue weighted by Gasteiger charge is -2.33. The fourth-order valence-corrected chi connectivity index (χ4v) is 6.66. The third-order valence-corrected chi connectivity index (χ3v) is 9.06. The van der Waals surface area contributed by atoms with E-state index in [1.807, 2.05) is 91.0 Å². The topological polar surface area (TPSA) is 69.7 Å². The smallest absolute Gasteiger partial charge is 0.258 e. The van der Waals surface area contributed by atoms with Gasteiger partial charge in [-0.25, -0.2) is 0 Å². The standard InChI is InChI=1S/C36H36ClN3O3/c37-30-19-7-4-13-27(30)24-40(32(23-25-11-2-1-3-12-25)35(42)38-28-16-5-6-17-28)33(41)21-10-22-39-31-20-9-15-26-14-8-18-29(34(26)31)36(39)43/h1-4,7-9,11-15,18-20,28,32H,5-6,10,16-17,21-24H2,(H,38,42)/t32-/m0/s1. The van der Waals surface area contributed by atoms with Gasteiger partial charge >= 0.3 is 0 Å². The molecule has 0 radical (unpaired) electrons. The molecule has 0 aromatic heterocycles. The van der Waals surface area contributed by atoms with Crippen molar-refractivity contribution in [1.29, 1.82) is 0 Å². The van der Waals surface area contributed by atoms with Gasteiger partial charge in [-0.1, -0.05) is 97.2 Å². The van der Waals surface area contributed by atoms with E-state index in [0.29, 0.717) is 30.0 Å². The molecule has 0 bridgehead atoms. The Morgan fingerprint density at radius 1 is 0.907 bits per heavy atom. The van der Waals surface area contributed by atoms with Crippen LogP contribution in [0.3, 0.4) is 0 Å². The highest BCUT2D eigenvalue weighted by atomic mass is 35.5. The first-order valence-electron chi connectivity index (χ1n) is 15.2. The summed E-state index contributed by atoms with van der Waals surface area (Å²) in [6.45, 7) is 0.636. The molecule has 4 aromatic carbocycles. The molecule has 3 amide bonds. The fourth-order valence-electron chi connectivity index (χ4n) is 6.46. The summed E-state index contributed by atoms with van der Waals surface area (Å²) in [6.07, 6.45) is 5.19. The zero-order chi connectivity index (χ0) is 29.8. The summed E-state index contributed by atoms with van der Waals surface area (Å²) in [7, 11) is 0. The summed E-state index contributed by atoms with van der Waals surface area (Å²) in [5.74, 6) is -0.303. The Morgan fingerprint density at radius 3 is 2.40 bits per heavy atom. The van der Waals surface area contributed by atoms with Crippen LogP contribution in [0.1, 0.15) is 60.0 Å².